The van der Waals surface area contributed by atoms with Crippen LogP contribution in [0, 0.1) is 0 Å². The third-order valence-corrected chi connectivity index (χ3v) is 3.50. The van der Waals surface area contributed by atoms with E-state index < -0.39 is 5.54 Å². The summed E-state index contributed by atoms with van der Waals surface area (Å²) in [5.41, 5.74) is 0.537. The molecule has 0 saturated heterocycles. The Morgan fingerprint density at radius 2 is 2.22 bits per heavy atom. The molecule has 0 aromatic heterocycles. The molecule has 1 rings (SSSR count). The summed E-state index contributed by atoms with van der Waals surface area (Å²) in [6.07, 6.45) is 0. The zero-order valence-electron chi connectivity index (χ0n) is 10.6. The van der Waals surface area contributed by atoms with Gasteiger partial charge < -0.3 is 10.4 Å². The monoisotopic (exact) mass is 287 g/mol. The van der Waals surface area contributed by atoms with Crippen LogP contribution in [0.5, 0.6) is 0 Å². The predicted octanol–water partition coefficient (Wildman–Crippen LogP) is 2.46. The number of carbonyl (C=O) groups excluding carboxylic acids is 1. The Hall–Kier alpha value is -0.710. The number of carbonyl (C=O) groups is 1. The van der Waals surface area contributed by atoms with Crippen molar-refractivity contribution in [2.75, 3.05) is 12.4 Å². The summed E-state index contributed by atoms with van der Waals surface area (Å²) in [6.45, 7) is 3.50. The number of halogens is 1. The normalized spacial score (nSPS) is 11.3. The van der Waals surface area contributed by atoms with Gasteiger partial charge in [-0.1, -0.05) is 23.7 Å². The van der Waals surface area contributed by atoms with E-state index >= 15 is 0 Å². The Labute approximate surface area is 117 Å². The molecule has 100 valence electrons. The highest BCUT2D eigenvalue weighted by Crippen LogP contribution is 2.16. The second-order valence-corrected chi connectivity index (χ2v) is 6.13. The molecule has 0 heterocycles. The number of rotatable bonds is 6. The molecule has 0 spiro atoms. The van der Waals surface area contributed by atoms with Crippen LogP contribution in [0.15, 0.2) is 24.3 Å². The molecule has 0 aliphatic heterocycles. The molecule has 0 saturated carbocycles. The van der Waals surface area contributed by atoms with Crippen LogP contribution in [-0.2, 0) is 10.5 Å². The lowest BCUT2D eigenvalue weighted by molar-refractivity contribution is -0.120. The van der Waals surface area contributed by atoms with Crippen molar-refractivity contribution >= 4 is 29.3 Å². The average Bonchev–Trinajstić information content (AvgIpc) is 2.28. The van der Waals surface area contributed by atoms with Crippen molar-refractivity contribution in [3.8, 4) is 0 Å². The summed E-state index contributed by atoms with van der Waals surface area (Å²) < 4.78 is 0. The number of aliphatic hydroxyl groups excluding tert-OH is 1. The van der Waals surface area contributed by atoms with E-state index in [9.17, 15) is 4.79 Å². The van der Waals surface area contributed by atoms with Crippen molar-refractivity contribution in [2.45, 2.75) is 25.1 Å². The van der Waals surface area contributed by atoms with E-state index in [4.69, 9.17) is 16.7 Å². The van der Waals surface area contributed by atoms with Crippen LogP contribution in [0.4, 0.5) is 0 Å². The maximum atomic E-state index is 11.6. The van der Waals surface area contributed by atoms with Crippen LogP contribution in [0.3, 0.4) is 0 Å². The quantitative estimate of drug-likeness (QED) is 0.845. The lowest BCUT2D eigenvalue weighted by Crippen LogP contribution is -2.47. The van der Waals surface area contributed by atoms with Crippen molar-refractivity contribution in [1.82, 2.24) is 5.32 Å². The molecule has 1 aromatic carbocycles. The predicted molar refractivity (Wildman–Crippen MR) is 76.9 cm³/mol. The molecule has 2 N–H and O–H groups in total. The highest BCUT2D eigenvalue weighted by atomic mass is 35.5. The molecule has 0 unspecified atom stereocenters. The number of benzene rings is 1. The fraction of sp³-hybridized carbons (Fsp3) is 0.462. The highest BCUT2D eigenvalue weighted by Gasteiger charge is 2.18. The summed E-state index contributed by atoms with van der Waals surface area (Å²) >= 11 is 7.40. The van der Waals surface area contributed by atoms with Gasteiger partial charge in [0.25, 0.3) is 0 Å². The van der Waals surface area contributed by atoms with Crippen molar-refractivity contribution in [3.63, 3.8) is 0 Å². The van der Waals surface area contributed by atoms with Crippen LogP contribution in [0.25, 0.3) is 0 Å². The summed E-state index contributed by atoms with van der Waals surface area (Å²) in [4.78, 5) is 11.6. The van der Waals surface area contributed by atoms with E-state index in [-0.39, 0.29) is 12.5 Å². The van der Waals surface area contributed by atoms with E-state index in [1.165, 1.54) is 11.8 Å². The van der Waals surface area contributed by atoms with Gasteiger partial charge in [-0.15, -0.1) is 11.8 Å². The largest absolute Gasteiger partial charge is 0.394 e. The second kappa shape index (κ2) is 7.02. The fourth-order valence-corrected chi connectivity index (χ4v) is 2.33. The molecule has 3 nitrogen and oxygen atoms in total. The molecule has 0 fully saturated rings. The lowest BCUT2D eigenvalue weighted by atomic mass is 10.1. The van der Waals surface area contributed by atoms with E-state index in [0.717, 1.165) is 11.3 Å². The van der Waals surface area contributed by atoms with Crippen molar-refractivity contribution < 1.29 is 9.90 Å². The molecule has 1 amide bonds. The SMILES string of the molecule is CC(C)(CO)NC(=O)CSCc1cccc(Cl)c1. The van der Waals surface area contributed by atoms with E-state index in [1.54, 1.807) is 13.8 Å². The molecule has 0 radical (unpaired) electrons. The third-order valence-electron chi connectivity index (χ3n) is 2.26. The van der Waals surface area contributed by atoms with Gasteiger partial charge in [-0.2, -0.15) is 0 Å². The Balaban J connectivity index is 2.32. The number of hydrogen-bond acceptors (Lipinski definition) is 3. The molecule has 0 aliphatic rings. The Kier molecular flexibility index (Phi) is 5.99. The van der Waals surface area contributed by atoms with Gasteiger partial charge in [0.1, 0.15) is 0 Å². The topological polar surface area (TPSA) is 49.3 Å². The maximum absolute atomic E-state index is 11.6. The zero-order chi connectivity index (χ0) is 13.6. The first-order chi connectivity index (χ1) is 8.43. The first-order valence-electron chi connectivity index (χ1n) is 5.67. The van der Waals surface area contributed by atoms with Gasteiger partial charge in [-0.25, -0.2) is 0 Å². The van der Waals surface area contributed by atoms with Gasteiger partial charge in [-0.3, -0.25) is 4.79 Å². The molecule has 5 heteroatoms. The Morgan fingerprint density at radius 1 is 1.50 bits per heavy atom. The highest BCUT2D eigenvalue weighted by molar-refractivity contribution is 7.99. The Morgan fingerprint density at radius 3 is 2.83 bits per heavy atom. The first kappa shape index (κ1) is 15.3. The molecule has 1 aromatic rings. The minimum atomic E-state index is -0.562. The van der Waals surface area contributed by atoms with Gasteiger partial charge in [-0.05, 0) is 31.5 Å². The van der Waals surface area contributed by atoms with Crippen LogP contribution in [-0.4, -0.2) is 28.9 Å². The molecular formula is C13H18ClNO2S. The minimum absolute atomic E-state index is 0.0684. The number of aliphatic hydroxyl groups is 1. The van der Waals surface area contributed by atoms with Crippen LogP contribution in [0.2, 0.25) is 5.02 Å². The van der Waals surface area contributed by atoms with Crippen LogP contribution >= 0.6 is 23.4 Å². The number of nitrogens with one attached hydrogen (secondary N) is 1. The average molecular weight is 288 g/mol. The van der Waals surface area contributed by atoms with Crippen molar-refractivity contribution in [2.24, 2.45) is 0 Å². The summed E-state index contributed by atoms with van der Waals surface area (Å²) in [5.74, 6) is 1.05. The van der Waals surface area contributed by atoms with Gasteiger partial charge in [0, 0.05) is 10.8 Å². The van der Waals surface area contributed by atoms with Gasteiger partial charge in [0.2, 0.25) is 5.91 Å². The first-order valence-corrected chi connectivity index (χ1v) is 7.20. The zero-order valence-corrected chi connectivity index (χ0v) is 12.1. The molecule has 0 atom stereocenters. The van der Waals surface area contributed by atoms with Crippen molar-refractivity contribution in [1.29, 1.82) is 0 Å². The van der Waals surface area contributed by atoms with Gasteiger partial charge >= 0.3 is 0 Å². The third kappa shape index (κ3) is 5.76. The summed E-state index contributed by atoms with van der Waals surface area (Å²) in [7, 11) is 0. The maximum Gasteiger partial charge on any atom is 0.230 e. The van der Waals surface area contributed by atoms with Gasteiger partial charge in [0.15, 0.2) is 0 Å². The molecule has 0 aliphatic carbocycles. The molecule has 18 heavy (non-hydrogen) atoms. The lowest BCUT2D eigenvalue weighted by Gasteiger charge is -2.23. The standard InChI is InChI=1S/C13H18ClNO2S/c1-13(2,9-16)15-12(17)8-18-7-10-4-3-5-11(14)6-10/h3-6,16H,7-9H2,1-2H3,(H,15,17). The molecule has 0 bridgehead atoms. The number of thioether (sulfide) groups is 1. The van der Waals surface area contributed by atoms with E-state index in [0.29, 0.717) is 10.8 Å². The number of hydrogen-bond donors (Lipinski definition) is 2. The Bertz CT molecular complexity index is 410. The fourth-order valence-electron chi connectivity index (χ4n) is 1.34. The van der Waals surface area contributed by atoms with Crippen LogP contribution < -0.4 is 5.32 Å². The number of amides is 1. The second-order valence-electron chi connectivity index (χ2n) is 4.71. The van der Waals surface area contributed by atoms with E-state index in [1.807, 2.05) is 24.3 Å². The van der Waals surface area contributed by atoms with Gasteiger partial charge in [0.05, 0.1) is 17.9 Å². The summed E-state index contributed by atoms with van der Waals surface area (Å²) in [6, 6.07) is 7.60. The van der Waals surface area contributed by atoms with Crippen LogP contribution in [0.1, 0.15) is 19.4 Å². The minimum Gasteiger partial charge on any atom is -0.394 e. The smallest absolute Gasteiger partial charge is 0.230 e. The summed E-state index contributed by atoms with van der Waals surface area (Å²) in [5, 5.41) is 12.5. The molecular weight excluding hydrogens is 270 g/mol. The van der Waals surface area contributed by atoms with Crippen molar-refractivity contribution in [3.05, 3.63) is 34.9 Å². The van der Waals surface area contributed by atoms with E-state index in [2.05, 4.69) is 5.32 Å².